The van der Waals surface area contributed by atoms with Gasteiger partial charge >= 0.3 is 0 Å². The van der Waals surface area contributed by atoms with Crippen LogP contribution in [-0.2, 0) is 0 Å². The Balaban J connectivity index is 1.97. The number of aromatic nitrogens is 2. The van der Waals surface area contributed by atoms with Gasteiger partial charge in [-0.1, -0.05) is 26.2 Å². The molecule has 1 aromatic heterocycles. The maximum absolute atomic E-state index is 4.03. The lowest BCUT2D eigenvalue weighted by atomic mass is 9.83. The summed E-state index contributed by atoms with van der Waals surface area (Å²) in [6, 6.07) is 0.620. The molecule has 0 bridgehead atoms. The standard InChI is InChI=1S/C12H19N3/c1-2-10-5-3-4-6-12(10)15-11-7-13-9-14-8-11/h7-10,12,15H,2-6H2,1H3. The van der Waals surface area contributed by atoms with E-state index in [0.29, 0.717) is 6.04 Å². The minimum absolute atomic E-state index is 0.620. The Hall–Kier alpha value is -1.12. The molecule has 15 heavy (non-hydrogen) atoms. The SMILES string of the molecule is CCC1CCCCC1Nc1cncnc1. The van der Waals surface area contributed by atoms with E-state index in [0.717, 1.165) is 11.6 Å². The van der Waals surface area contributed by atoms with E-state index in [4.69, 9.17) is 0 Å². The van der Waals surface area contributed by atoms with Gasteiger partial charge in [-0.3, -0.25) is 0 Å². The highest BCUT2D eigenvalue weighted by Gasteiger charge is 2.23. The van der Waals surface area contributed by atoms with E-state index in [-0.39, 0.29) is 0 Å². The first-order valence-electron chi connectivity index (χ1n) is 5.91. The highest BCUT2D eigenvalue weighted by molar-refractivity contribution is 5.38. The van der Waals surface area contributed by atoms with Crippen LogP contribution in [0.4, 0.5) is 5.69 Å². The van der Waals surface area contributed by atoms with Gasteiger partial charge in [-0.25, -0.2) is 9.97 Å². The normalized spacial score (nSPS) is 26.2. The number of rotatable bonds is 3. The summed E-state index contributed by atoms with van der Waals surface area (Å²) in [5, 5.41) is 3.56. The van der Waals surface area contributed by atoms with Crippen LogP contribution < -0.4 is 5.32 Å². The second kappa shape index (κ2) is 5.10. The highest BCUT2D eigenvalue weighted by atomic mass is 15.0. The van der Waals surface area contributed by atoms with Crippen molar-refractivity contribution in [2.45, 2.75) is 45.1 Å². The molecule has 1 N–H and O–H groups in total. The zero-order chi connectivity index (χ0) is 10.5. The van der Waals surface area contributed by atoms with E-state index in [9.17, 15) is 0 Å². The van der Waals surface area contributed by atoms with Crippen LogP contribution in [0.25, 0.3) is 0 Å². The first kappa shape index (κ1) is 10.4. The third kappa shape index (κ3) is 2.67. The number of nitrogens with one attached hydrogen (secondary N) is 1. The molecule has 3 nitrogen and oxygen atoms in total. The van der Waals surface area contributed by atoms with Gasteiger partial charge in [0.05, 0.1) is 18.1 Å². The fourth-order valence-electron chi connectivity index (χ4n) is 2.47. The average Bonchev–Trinajstić information content (AvgIpc) is 2.31. The Morgan fingerprint density at radius 1 is 1.27 bits per heavy atom. The number of anilines is 1. The summed E-state index contributed by atoms with van der Waals surface area (Å²) in [7, 11) is 0. The van der Waals surface area contributed by atoms with E-state index in [2.05, 4.69) is 22.2 Å². The average molecular weight is 205 g/mol. The fraction of sp³-hybridized carbons (Fsp3) is 0.667. The minimum Gasteiger partial charge on any atom is -0.380 e. The molecular weight excluding hydrogens is 186 g/mol. The molecule has 1 aliphatic carbocycles. The van der Waals surface area contributed by atoms with Gasteiger partial charge in [-0.05, 0) is 18.8 Å². The molecule has 0 aliphatic heterocycles. The molecule has 2 unspecified atom stereocenters. The Morgan fingerprint density at radius 2 is 2.00 bits per heavy atom. The molecule has 2 atom stereocenters. The van der Waals surface area contributed by atoms with Gasteiger partial charge in [-0.15, -0.1) is 0 Å². The molecule has 1 aromatic rings. The summed E-state index contributed by atoms with van der Waals surface area (Å²) in [4.78, 5) is 8.05. The first-order valence-corrected chi connectivity index (χ1v) is 5.91. The monoisotopic (exact) mass is 205 g/mol. The smallest absolute Gasteiger partial charge is 0.115 e. The van der Waals surface area contributed by atoms with Crippen molar-refractivity contribution in [2.24, 2.45) is 5.92 Å². The fourth-order valence-corrected chi connectivity index (χ4v) is 2.47. The quantitative estimate of drug-likeness (QED) is 0.824. The van der Waals surface area contributed by atoms with Crippen LogP contribution in [0.5, 0.6) is 0 Å². The highest BCUT2D eigenvalue weighted by Crippen LogP contribution is 2.28. The van der Waals surface area contributed by atoms with Crippen LogP contribution in [0, 0.1) is 5.92 Å². The molecule has 3 heteroatoms. The number of hydrogen-bond acceptors (Lipinski definition) is 3. The van der Waals surface area contributed by atoms with Crippen molar-refractivity contribution in [1.82, 2.24) is 9.97 Å². The van der Waals surface area contributed by atoms with Crippen molar-refractivity contribution < 1.29 is 0 Å². The topological polar surface area (TPSA) is 37.8 Å². The predicted molar refractivity (Wildman–Crippen MR) is 61.7 cm³/mol. The lowest BCUT2D eigenvalue weighted by molar-refractivity contribution is 0.317. The lowest BCUT2D eigenvalue weighted by Gasteiger charge is -2.32. The van der Waals surface area contributed by atoms with Gasteiger partial charge in [0.15, 0.2) is 0 Å². The van der Waals surface area contributed by atoms with Gasteiger partial charge in [0.2, 0.25) is 0 Å². The summed E-state index contributed by atoms with van der Waals surface area (Å²) in [5.74, 6) is 0.818. The molecule has 1 saturated carbocycles. The van der Waals surface area contributed by atoms with Gasteiger partial charge in [0.25, 0.3) is 0 Å². The molecule has 0 spiro atoms. The van der Waals surface area contributed by atoms with Crippen LogP contribution in [-0.4, -0.2) is 16.0 Å². The molecule has 0 saturated heterocycles. The Bertz CT molecular complexity index is 286. The molecule has 1 aliphatic rings. The van der Waals surface area contributed by atoms with Crippen LogP contribution >= 0.6 is 0 Å². The van der Waals surface area contributed by atoms with Crippen molar-refractivity contribution in [3.8, 4) is 0 Å². The zero-order valence-electron chi connectivity index (χ0n) is 9.32. The second-order valence-electron chi connectivity index (χ2n) is 4.33. The van der Waals surface area contributed by atoms with E-state index < -0.39 is 0 Å². The summed E-state index contributed by atoms with van der Waals surface area (Å²) in [5.41, 5.74) is 1.06. The van der Waals surface area contributed by atoms with Crippen molar-refractivity contribution in [2.75, 3.05) is 5.32 Å². The predicted octanol–water partition coefficient (Wildman–Crippen LogP) is 2.86. The Morgan fingerprint density at radius 3 is 2.73 bits per heavy atom. The van der Waals surface area contributed by atoms with Gasteiger partial charge < -0.3 is 5.32 Å². The van der Waals surface area contributed by atoms with Crippen molar-refractivity contribution >= 4 is 5.69 Å². The molecule has 0 amide bonds. The van der Waals surface area contributed by atoms with Crippen LogP contribution in [0.3, 0.4) is 0 Å². The van der Waals surface area contributed by atoms with E-state index in [1.165, 1.54) is 32.1 Å². The minimum atomic E-state index is 0.620. The van der Waals surface area contributed by atoms with Crippen molar-refractivity contribution in [3.63, 3.8) is 0 Å². The third-order valence-corrected chi connectivity index (χ3v) is 3.35. The third-order valence-electron chi connectivity index (χ3n) is 3.35. The first-order chi connectivity index (χ1) is 7.40. The van der Waals surface area contributed by atoms with Crippen molar-refractivity contribution in [1.29, 1.82) is 0 Å². The molecule has 2 rings (SSSR count). The maximum Gasteiger partial charge on any atom is 0.115 e. The molecule has 82 valence electrons. The largest absolute Gasteiger partial charge is 0.380 e. The Labute approximate surface area is 91.3 Å². The summed E-state index contributed by atoms with van der Waals surface area (Å²) < 4.78 is 0. The lowest BCUT2D eigenvalue weighted by Crippen LogP contribution is -2.31. The van der Waals surface area contributed by atoms with Crippen LogP contribution in [0.15, 0.2) is 18.7 Å². The van der Waals surface area contributed by atoms with E-state index in [1.807, 2.05) is 12.4 Å². The maximum atomic E-state index is 4.03. The number of hydrogen-bond donors (Lipinski definition) is 1. The van der Waals surface area contributed by atoms with Gasteiger partial charge in [0, 0.05) is 6.04 Å². The van der Waals surface area contributed by atoms with Crippen molar-refractivity contribution in [3.05, 3.63) is 18.7 Å². The molecule has 1 heterocycles. The second-order valence-corrected chi connectivity index (χ2v) is 4.33. The van der Waals surface area contributed by atoms with E-state index in [1.54, 1.807) is 6.33 Å². The summed E-state index contributed by atoms with van der Waals surface area (Å²) in [6.07, 6.45) is 11.9. The molecule has 0 radical (unpaired) electrons. The zero-order valence-corrected chi connectivity index (χ0v) is 9.32. The van der Waals surface area contributed by atoms with Crippen LogP contribution in [0.2, 0.25) is 0 Å². The molecular formula is C12H19N3. The molecule has 0 aromatic carbocycles. The van der Waals surface area contributed by atoms with Crippen LogP contribution in [0.1, 0.15) is 39.0 Å². The Kier molecular flexibility index (Phi) is 3.54. The summed E-state index contributed by atoms with van der Waals surface area (Å²) >= 11 is 0. The molecule has 1 fully saturated rings. The summed E-state index contributed by atoms with van der Waals surface area (Å²) in [6.45, 7) is 2.28. The van der Waals surface area contributed by atoms with E-state index >= 15 is 0 Å². The van der Waals surface area contributed by atoms with Gasteiger partial charge in [-0.2, -0.15) is 0 Å². The van der Waals surface area contributed by atoms with Gasteiger partial charge in [0.1, 0.15) is 6.33 Å². The number of nitrogens with zero attached hydrogens (tertiary/aromatic N) is 2.